The second kappa shape index (κ2) is 8.22. The Morgan fingerprint density at radius 2 is 1.93 bits per heavy atom. The lowest BCUT2D eigenvalue weighted by molar-refractivity contribution is -0.141. The Kier molecular flexibility index (Phi) is 5.67. The number of urea groups is 1. The Morgan fingerprint density at radius 3 is 2.62 bits per heavy atom. The summed E-state index contributed by atoms with van der Waals surface area (Å²) in [5.74, 6) is 0.976. The zero-order valence-electron chi connectivity index (χ0n) is 17.5. The molecule has 7 heteroatoms. The van der Waals surface area contributed by atoms with Gasteiger partial charge in [0.25, 0.3) is 0 Å². The molecule has 0 radical (unpaired) electrons. The highest BCUT2D eigenvalue weighted by Gasteiger charge is 2.44. The minimum Gasteiger partial charge on any atom is -0.495 e. The topological polar surface area (TPSA) is 65.1 Å². The van der Waals surface area contributed by atoms with Crippen LogP contribution in [0, 0.1) is 5.41 Å². The molecule has 1 aromatic carbocycles. The Morgan fingerprint density at radius 1 is 1.17 bits per heavy atom. The largest absolute Gasteiger partial charge is 0.495 e. The van der Waals surface area contributed by atoms with Crippen LogP contribution in [0.5, 0.6) is 5.75 Å². The first-order valence-corrected chi connectivity index (χ1v) is 10.7. The number of hydrogen-bond donors (Lipinski definition) is 1. The molecule has 1 atom stereocenters. The summed E-state index contributed by atoms with van der Waals surface area (Å²) in [6, 6.07) is 7.75. The first kappa shape index (κ1) is 20.0. The van der Waals surface area contributed by atoms with Crippen LogP contribution in [-0.4, -0.2) is 79.6 Å². The summed E-state index contributed by atoms with van der Waals surface area (Å²) in [6.07, 6.45) is 4.59. The van der Waals surface area contributed by atoms with Crippen molar-refractivity contribution in [1.29, 1.82) is 0 Å². The molecule has 1 N–H and O–H groups in total. The summed E-state index contributed by atoms with van der Waals surface area (Å²) in [5, 5.41) is 2.98. The number of amides is 3. The quantitative estimate of drug-likeness (QED) is 0.847. The number of likely N-dealkylation sites (tertiary alicyclic amines) is 3. The molecule has 0 saturated carbocycles. The van der Waals surface area contributed by atoms with Crippen LogP contribution in [0.25, 0.3) is 0 Å². The van der Waals surface area contributed by atoms with Gasteiger partial charge in [-0.15, -0.1) is 0 Å². The smallest absolute Gasteiger partial charge is 0.321 e. The molecule has 3 fully saturated rings. The molecular weight excluding hydrogens is 368 g/mol. The standard InChI is InChI=1S/C22H32N4O3/c1-24-12-8-17(15-24)26-16-22(9-7-20(26)27)10-13-25(14-11-22)21(28)23-18-5-3-4-6-19(18)29-2/h3-6,17H,7-16H2,1-2H3,(H,23,28)/t17-/m0/s1. The summed E-state index contributed by atoms with van der Waals surface area (Å²) < 4.78 is 5.33. The van der Waals surface area contributed by atoms with Gasteiger partial charge >= 0.3 is 6.03 Å². The van der Waals surface area contributed by atoms with E-state index >= 15 is 0 Å². The van der Waals surface area contributed by atoms with E-state index in [2.05, 4.69) is 22.2 Å². The molecule has 3 amide bonds. The van der Waals surface area contributed by atoms with Gasteiger partial charge in [0.2, 0.25) is 5.91 Å². The lowest BCUT2D eigenvalue weighted by atomic mass is 9.72. The Balaban J connectivity index is 1.36. The molecule has 0 unspecified atom stereocenters. The van der Waals surface area contributed by atoms with E-state index < -0.39 is 0 Å². The SMILES string of the molecule is COc1ccccc1NC(=O)N1CCC2(CCC(=O)N([C@H]3CCN(C)C3)C2)CC1. The summed E-state index contributed by atoms with van der Waals surface area (Å²) in [7, 11) is 3.73. The normalized spacial score (nSPS) is 24.8. The van der Waals surface area contributed by atoms with Crippen LogP contribution < -0.4 is 10.1 Å². The van der Waals surface area contributed by atoms with Crippen LogP contribution in [-0.2, 0) is 4.79 Å². The predicted octanol–water partition coefficient (Wildman–Crippen LogP) is 2.64. The minimum atomic E-state index is -0.0782. The molecule has 158 valence electrons. The molecule has 1 aromatic rings. The minimum absolute atomic E-state index is 0.0782. The van der Waals surface area contributed by atoms with Crippen LogP contribution in [0.15, 0.2) is 24.3 Å². The number of para-hydroxylation sites is 2. The van der Waals surface area contributed by atoms with Gasteiger partial charge in [-0.2, -0.15) is 0 Å². The molecule has 0 aliphatic carbocycles. The number of piperidine rings is 2. The monoisotopic (exact) mass is 400 g/mol. The van der Waals surface area contributed by atoms with Crippen LogP contribution in [0.2, 0.25) is 0 Å². The number of carbonyl (C=O) groups excluding carboxylic acids is 2. The number of carbonyl (C=O) groups is 2. The zero-order chi connectivity index (χ0) is 20.4. The number of hydrogen-bond acceptors (Lipinski definition) is 4. The summed E-state index contributed by atoms with van der Waals surface area (Å²) in [5.41, 5.74) is 0.858. The first-order chi connectivity index (χ1) is 14.0. The van der Waals surface area contributed by atoms with E-state index in [1.54, 1.807) is 7.11 Å². The van der Waals surface area contributed by atoms with Gasteiger partial charge in [-0.1, -0.05) is 12.1 Å². The number of rotatable bonds is 3. The Labute approximate surface area is 173 Å². The van der Waals surface area contributed by atoms with Gasteiger partial charge in [0.15, 0.2) is 0 Å². The number of likely N-dealkylation sites (N-methyl/N-ethyl adjacent to an activating group) is 1. The number of nitrogens with zero attached hydrogens (tertiary/aromatic N) is 3. The van der Waals surface area contributed by atoms with Crippen LogP contribution in [0.1, 0.15) is 32.1 Å². The van der Waals surface area contributed by atoms with Gasteiger partial charge in [-0.05, 0) is 56.8 Å². The molecule has 4 rings (SSSR count). The molecule has 0 aromatic heterocycles. The third kappa shape index (κ3) is 4.20. The molecular formula is C22H32N4O3. The van der Waals surface area contributed by atoms with Crippen molar-refractivity contribution in [3.8, 4) is 5.75 Å². The maximum atomic E-state index is 12.8. The number of nitrogens with one attached hydrogen (secondary N) is 1. The van der Waals surface area contributed by atoms with E-state index in [0.29, 0.717) is 29.8 Å². The van der Waals surface area contributed by atoms with Crippen molar-refractivity contribution in [2.45, 2.75) is 38.1 Å². The van der Waals surface area contributed by atoms with Crippen molar-refractivity contribution in [2.24, 2.45) is 5.41 Å². The molecule has 1 spiro atoms. The summed E-state index contributed by atoms with van der Waals surface area (Å²) in [4.78, 5) is 31.7. The van der Waals surface area contributed by atoms with Crippen molar-refractivity contribution in [2.75, 3.05) is 52.2 Å². The predicted molar refractivity (Wildman–Crippen MR) is 112 cm³/mol. The van der Waals surface area contributed by atoms with E-state index in [1.807, 2.05) is 29.2 Å². The fraction of sp³-hybridized carbons (Fsp3) is 0.636. The average Bonchev–Trinajstić information content (AvgIpc) is 3.17. The van der Waals surface area contributed by atoms with Crippen LogP contribution >= 0.6 is 0 Å². The third-order valence-electron chi connectivity index (χ3n) is 6.96. The van der Waals surface area contributed by atoms with E-state index in [1.165, 1.54) is 0 Å². The maximum Gasteiger partial charge on any atom is 0.321 e. The van der Waals surface area contributed by atoms with Gasteiger partial charge in [0.05, 0.1) is 12.8 Å². The maximum absolute atomic E-state index is 12.8. The van der Waals surface area contributed by atoms with E-state index in [4.69, 9.17) is 4.74 Å². The highest BCUT2D eigenvalue weighted by atomic mass is 16.5. The van der Waals surface area contributed by atoms with E-state index in [0.717, 1.165) is 58.4 Å². The second-order valence-corrected chi connectivity index (χ2v) is 8.84. The van der Waals surface area contributed by atoms with Crippen LogP contribution in [0.3, 0.4) is 0 Å². The molecule has 3 heterocycles. The fourth-order valence-corrected chi connectivity index (χ4v) is 5.08. The van der Waals surface area contributed by atoms with Crippen molar-refractivity contribution in [3.05, 3.63) is 24.3 Å². The van der Waals surface area contributed by atoms with Gasteiger partial charge in [-0.3, -0.25) is 4.79 Å². The molecule has 0 bridgehead atoms. The first-order valence-electron chi connectivity index (χ1n) is 10.7. The zero-order valence-corrected chi connectivity index (χ0v) is 17.5. The van der Waals surface area contributed by atoms with Crippen molar-refractivity contribution in [1.82, 2.24) is 14.7 Å². The van der Waals surface area contributed by atoms with Gasteiger partial charge in [0.1, 0.15) is 5.75 Å². The second-order valence-electron chi connectivity index (χ2n) is 8.84. The van der Waals surface area contributed by atoms with E-state index in [9.17, 15) is 9.59 Å². The molecule has 3 aliphatic rings. The summed E-state index contributed by atoms with van der Waals surface area (Å²) in [6.45, 7) is 4.36. The van der Waals surface area contributed by atoms with Gasteiger partial charge in [-0.25, -0.2) is 4.79 Å². The molecule has 3 aliphatic heterocycles. The third-order valence-corrected chi connectivity index (χ3v) is 6.96. The lowest BCUT2D eigenvalue weighted by Gasteiger charge is -2.48. The summed E-state index contributed by atoms with van der Waals surface area (Å²) >= 11 is 0. The number of anilines is 1. The number of ether oxygens (including phenoxy) is 1. The molecule has 7 nitrogen and oxygen atoms in total. The fourth-order valence-electron chi connectivity index (χ4n) is 5.08. The van der Waals surface area contributed by atoms with Crippen molar-refractivity contribution >= 4 is 17.6 Å². The van der Waals surface area contributed by atoms with Gasteiger partial charge in [0, 0.05) is 38.6 Å². The highest BCUT2D eigenvalue weighted by molar-refractivity contribution is 5.91. The Bertz CT molecular complexity index is 760. The highest BCUT2D eigenvalue weighted by Crippen LogP contribution is 2.41. The van der Waals surface area contributed by atoms with Gasteiger partial charge < -0.3 is 24.8 Å². The van der Waals surface area contributed by atoms with E-state index in [-0.39, 0.29) is 11.4 Å². The molecule has 29 heavy (non-hydrogen) atoms. The lowest BCUT2D eigenvalue weighted by Crippen LogP contribution is -2.55. The number of benzene rings is 1. The van der Waals surface area contributed by atoms with Crippen molar-refractivity contribution < 1.29 is 14.3 Å². The van der Waals surface area contributed by atoms with Crippen molar-refractivity contribution in [3.63, 3.8) is 0 Å². The Hall–Kier alpha value is -2.28. The number of methoxy groups -OCH3 is 1. The molecule has 3 saturated heterocycles. The van der Waals surface area contributed by atoms with Crippen LogP contribution in [0.4, 0.5) is 10.5 Å². The average molecular weight is 401 g/mol.